The van der Waals surface area contributed by atoms with Gasteiger partial charge in [0.25, 0.3) is 0 Å². The van der Waals surface area contributed by atoms with Gasteiger partial charge in [0.2, 0.25) is 5.91 Å². The van der Waals surface area contributed by atoms with Crippen molar-refractivity contribution in [2.45, 2.75) is 53.1 Å². The van der Waals surface area contributed by atoms with E-state index in [-0.39, 0.29) is 23.2 Å². The molecule has 0 saturated carbocycles. The molecule has 4 heteroatoms. The summed E-state index contributed by atoms with van der Waals surface area (Å²) in [6.45, 7) is 10.4. The average Bonchev–Trinajstić information content (AvgIpc) is 2.52. The van der Waals surface area contributed by atoms with Crippen LogP contribution in [0.3, 0.4) is 0 Å². The predicted molar refractivity (Wildman–Crippen MR) is 93.7 cm³/mol. The molecule has 2 atom stereocenters. The highest BCUT2D eigenvalue weighted by molar-refractivity contribution is 5.76. The van der Waals surface area contributed by atoms with Crippen LogP contribution in [0.2, 0.25) is 0 Å². The third-order valence-corrected chi connectivity index (χ3v) is 4.35. The Morgan fingerprint density at radius 1 is 1.22 bits per heavy atom. The van der Waals surface area contributed by atoms with Crippen LogP contribution in [0.15, 0.2) is 24.3 Å². The molecular weight excluding hydrogens is 290 g/mol. The number of carbonyl (C=O) groups is 1. The van der Waals surface area contributed by atoms with Crippen molar-refractivity contribution in [3.8, 4) is 5.75 Å². The third kappa shape index (κ3) is 5.87. The summed E-state index contributed by atoms with van der Waals surface area (Å²) in [5.74, 6) is 1.13. The molecule has 0 radical (unpaired) electrons. The van der Waals surface area contributed by atoms with Crippen molar-refractivity contribution in [3.63, 3.8) is 0 Å². The SMILES string of the molecule is COc1ccc(C(C)CC(=O)NCC(C)(C)C(O)C(C)C)cc1. The average molecular weight is 321 g/mol. The van der Waals surface area contributed by atoms with Gasteiger partial charge in [-0.2, -0.15) is 0 Å². The van der Waals surface area contributed by atoms with Crippen LogP contribution >= 0.6 is 0 Å². The molecule has 2 unspecified atom stereocenters. The highest BCUT2D eigenvalue weighted by Gasteiger charge is 2.30. The molecule has 1 aromatic rings. The number of hydrogen-bond acceptors (Lipinski definition) is 3. The molecule has 0 bridgehead atoms. The summed E-state index contributed by atoms with van der Waals surface area (Å²) < 4.78 is 5.14. The number of methoxy groups -OCH3 is 1. The van der Waals surface area contributed by atoms with Crippen LogP contribution in [0, 0.1) is 11.3 Å². The van der Waals surface area contributed by atoms with Crippen LogP contribution < -0.4 is 10.1 Å². The summed E-state index contributed by atoms with van der Waals surface area (Å²) in [5.41, 5.74) is 0.773. The Kier molecular flexibility index (Phi) is 7.07. The summed E-state index contributed by atoms with van der Waals surface area (Å²) in [4.78, 5) is 12.2. The summed E-state index contributed by atoms with van der Waals surface area (Å²) in [5, 5.41) is 13.2. The van der Waals surface area contributed by atoms with Crippen LogP contribution in [0.25, 0.3) is 0 Å². The molecule has 0 saturated heterocycles. The number of hydrogen-bond donors (Lipinski definition) is 2. The van der Waals surface area contributed by atoms with Gasteiger partial charge in [-0.05, 0) is 29.5 Å². The molecule has 0 aliphatic carbocycles. The van der Waals surface area contributed by atoms with E-state index in [4.69, 9.17) is 4.74 Å². The Morgan fingerprint density at radius 3 is 2.26 bits per heavy atom. The van der Waals surface area contributed by atoms with E-state index in [1.165, 1.54) is 0 Å². The molecule has 2 N–H and O–H groups in total. The van der Waals surface area contributed by atoms with Gasteiger partial charge in [-0.3, -0.25) is 4.79 Å². The predicted octanol–water partition coefficient (Wildman–Crippen LogP) is 3.35. The van der Waals surface area contributed by atoms with Gasteiger partial charge in [0.1, 0.15) is 5.75 Å². The number of nitrogens with one attached hydrogen (secondary N) is 1. The van der Waals surface area contributed by atoms with E-state index >= 15 is 0 Å². The maximum atomic E-state index is 12.2. The monoisotopic (exact) mass is 321 g/mol. The molecule has 0 aliphatic heterocycles. The summed E-state index contributed by atoms with van der Waals surface area (Å²) in [6, 6.07) is 7.80. The van der Waals surface area contributed by atoms with Crippen LogP contribution in [0.1, 0.15) is 52.5 Å². The minimum Gasteiger partial charge on any atom is -0.497 e. The maximum absolute atomic E-state index is 12.2. The van der Waals surface area contributed by atoms with Crippen LogP contribution in [-0.2, 0) is 4.79 Å². The molecular formula is C19H31NO3. The first-order chi connectivity index (χ1) is 10.7. The van der Waals surface area contributed by atoms with Gasteiger partial charge < -0.3 is 15.2 Å². The number of carbonyl (C=O) groups excluding carboxylic acids is 1. The second-order valence-corrected chi connectivity index (χ2v) is 7.33. The third-order valence-electron chi connectivity index (χ3n) is 4.35. The van der Waals surface area contributed by atoms with E-state index in [1.807, 2.05) is 58.9 Å². The summed E-state index contributed by atoms with van der Waals surface area (Å²) in [7, 11) is 1.64. The summed E-state index contributed by atoms with van der Waals surface area (Å²) >= 11 is 0. The lowest BCUT2D eigenvalue weighted by molar-refractivity contribution is -0.122. The first-order valence-electron chi connectivity index (χ1n) is 8.26. The second kappa shape index (κ2) is 8.34. The number of ether oxygens (including phenoxy) is 1. The van der Waals surface area contributed by atoms with Crippen molar-refractivity contribution < 1.29 is 14.6 Å². The quantitative estimate of drug-likeness (QED) is 0.772. The molecule has 0 aromatic heterocycles. The number of rotatable bonds is 8. The standard InChI is InChI=1S/C19H31NO3/c1-13(2)18(22)19(4,5)12-20-17(21)11-14(3)15-7-9-16(23-6)10-8-15/h7-10,13-14,18,22H,11-12H2,1-6H3,(H,20,21). The highest BCUT2D eigenvalue weighted by Crippen LogP contribution is 2.26. The molecule has 1 rings (SSSR count). The second-order valence-electron chi connectivity index (χ2n) is 7.33. The minimum absolute atomic E-state index is 0.0114. The maximum Gasteiger partial charge on any atom is 0.220 e. The molecule has 23 heavy (non-hydrogen) atoms. The van der Waals surface area contributed by atoms with Gasteiger partial charge in [0.15, 0.2) is 0 Å². The smallest absolute Gasteiger partial charge is 0.220 e. The van der Waals surface area contributed by atoms with Gasteiger partial charge in [0, 0.05) is 18.4 Å². The van der Waals surface area contributed by atoms with E-state index in [0.29, 0.717) is 13.0 Å². The molecule has 130 valence electrons. The molecule has 0 fully saturated rings. The van der Waals surface area contributed by atoms with Gasteiger partial charge in [-0.1, -0.05) is 46.8 Å². The molecule has 0 spiro atoms. The number of benzene rings is 1. The molecule has 1 amide bonds. The van der Waals surface area contributed by atoms with Crippen molar-refractivity contribution >= 4 is 5.91 Å². The zero-order valence-electron chi connectivity index (χ0n) is 15.2. The lowest BCUT2D eigenvalue weighted by atomic mass is 9.80. The molecule has 0 heterocycles. The minimum atomic E-state index is -0.443. The van der Waals surface area contributed by atoms with E-state index < -0.39 is 6.10 Å². The fourth-order valence-electron chi connectivity index (χ4n) is 2.73. The Labute approximate surface area is 140 Å². The number of amides is 1. The fourth-order valence-corrected chi connectivity index (χ4v) is 2.73. The highest BCUT2D eigenvalue weighted by atomic mass is 16.5. The van der Waals surface area contributed by atoms with Gasteiger partial charge in [0.05, 0.1) is 13.2 Å². The van der Waals surface area contributed by atoms with Gasteiger partial charge in [-0.15, -0.1) is 0 Å². The van der Waals surface area contributed by atoms with Crippen LogP contribution in [0.4, 0.5) is 0 Å². The fraction of sp³-hybridized carbons (Fsp3) is 0.632. The van der Waals surface area contributed by atoms with E-state index in [0.717, 1.165) is 11.3 Å². The first-order valence-corrected chi connectivity index (χ1v) is 8.26. The lowest BCUT2D eigenvalue weighted by Gasteiger charge is -2.33. The topological polar surface area (TPSA) is 58.6 Å². The van der Waals surface area contributed by atoms with Crippen molar-refractivity contribution in [1.82, 2.24) is 5.32 Å². The van der Waals surface area contributed by atoms with Crippen LogP contribution in [0.5, 0.6) is 5.75 Å². The Morgan fingerprint density at radius 2 is 1.78 bits per heavy atom. The Balaban J connectivity index is 2.52. The zero-order valence-corrected chi connectivity index (χ0v) is 15.2. The van der Waals surface area contributed by atoms with Crippen molar-refractivity contribution in [1.29, 1.82) is 0 Å². The largest absolute Gasteiger partial charge is 0.497 e. The molecule has 4 nitrogen and oxygen atoms in total. The van der Waals surface area contributed by atoms with Crippen molar-refractivity contribution in [3.05, 3.63) is 29.8 Å². The number of aliphatic hydroxyl groups excluding tert-OH is 1. The zero-order chi connectivity index (χ0) is 17.6. The van der Waals surface area contributed by atoms with Crippen molar-refractivity contribution in [2.75, 3.05) is 13.7 Å². The van der Waals surface area contributed by atoms with Crippen molar-refractivity contribution in [2.24, 2.45) is 11.3 Å². The molecule has 0 aliphatic rings. The lowest BCUT2D eigenvalue weighted by Crippen LogP contribution is -2.43. The Hall–Kier alpha value is -1.55. The van der Waals surface area contributed by atoms with E-state index in [2.05, 4.69) is 5.32 Å². The molecule has 1 aromatic carbocycles. The normalized spacial score (nSPS) is 14.4. The van der Waals surface area contributed by atoms with E-state index in [1.54, 1.807) is 7.11 Å². The summed E-state index contributed by atoms with van der Waals surface area (Å²) in [6.07, 6.45) is -0.0120. The van der Waals surface area contributed by atoms with Crippen LogP contribution in [-0.4, -0.2) is 30.8 Å². The van der Waals surface area contributed by atoms with E-state index in [9.17, 15) is 9.90 Å². The van der Waals surface area contributed by atoms with Gasteiger partial charge in [-0.25, -0.2) is 0 Å². The number of aliphatic hydroxyl groups is 1. The first kappa shape index (κ1) is 19.5. The van der Waals surface area contributed by atoms with Gasteiger partial charge >= 0.3 is 0 Å². The Bertz CT molecular complexity index is 494.